The zero-order valence-electron chi connectivity index (χ0n) is 21.2. The molecule has 0 unspecified atom stereocenters. The minimum Gasteiger partial charge on any atom is -0.493 e. The fraction of sp³-hybridized carbons (Fsp3) is 0.462. The predicted molar refractivity (Wildman–Crippen MR) is 141 cm³/mol. The van der Waals surface area contributed by atoms with Crippen LogP contribution in [-0.2, 0) is 22.4 Å². The van der Waals surface area contributed by atoms with E-state index in [1.807, 2.05) is 12.1 Å². The van der Waals surface area contributed by atoms with Gasteiger partial charge in [-0.2, -0.15) is 0 Å². The van der Waals surface area contributed by atoms with Gasteiger partial charge < -0.3 is 29.6 Å². The van der Waals surface area contributed by atoms with Gasteiger partial charge in [-0.3, -0.25) is 9.59 Å². The maximum Gasteiger partial charge on any atom is 0.220 e. The van der Waals surface area contributed by atoms with Crippen LogP contribution in [0.4, 0.5) is 0 Å². The summed E-state index contributed by atoms with van der Waals surface area (Å²) in [4.78, 5) is 24.2. The molecule has 0 saturated heterocycles. The Labute approximate surface area is 222 Å². The maximum absolute atomic E-state index is 12.1. The molecule has 0 saturated carbocycles. The highest BCUT2D eigenvalue weighted by molar-refractivity contribution is 6.33. The van der Waals surface area contributed by atoms with E-state index in [1.54, 1.807) is 26.4 Å². The van der Waals surface area contributed by atoms with Crippen molar-refractivity contribution in [2.24, 2.45) is 0 Å². The first kappa shape index (κ1) is 29.4. The van der Waals surface area contributed by atoms with Crippen LogP contribution in [0.15, 0.2) is 24.3 Å². The van der Waals surface area contributed by atoms with Crippen molar-refractivity contribution in [2.45, 2.75) is 38.5 Å². The number of carbonyl (C=O) groups is 2. The normalized spacial score (nSPS) is 10.5. The number of methoxy groups -OCH3 is 4. The van der Waals surface area contributed by atoms with Gasteiger partial charge >= 0.3 is 0 Å². The van der Waals surface area contributed by atoms with Crippen molar-refractivity contribution < 1.29 is 28.5 Å². The van der Waals surface area contributed by atoms with E-state index in [1.165, 1.54) is 14.2 Å². The van der Waals surface area contributed by atoms with Crippen molar-refractivity contribution >= 4 is 35.0 Å². The van der Waals surface area contributed by atoms with Crippen LogP contribution in [-0.4, -0.2) is 53.3 Å². The lowest BCUT2D eigenvalue weighted by atomic mass is 10.1. The van der Waals surface area contributed by atoms with Gasteiger partial charge in [0.05, 0.1) is 38.5 Å². The van der Waals surface area contributed by atoms with Crippen LogP contribution in [0.5, 0.6) is 23.0 Å². The molecule has 0 aliphatic carbocycles. The van der Waals surface area contributed by atoms with Crippen molar-refractivity contribution in [3.8, 4) is 23.0 Å². The second-order valence-corrected chi connectivity index (χ2v) is 8.71. The second kappa shape index (κ2) is 15.3. The highest BCUT2D eigenvalue weighted by atomic mass is 35.5. The number of ether oxygens (including phenoxy) is 4. The number of nitrogens with one attached hydrogen (secondary N) is 2. The Bertz CT molecular complexity index is 950. The molecule has 0 aliphatic heterocycles. The van der Waals surface area contributed by atoms with E-state index >= 15 is 0 Å². The molecule has 0 atom stereocenters. The highest BCUT2D eigenvalue weighted by Crippen LogP contribution is 2.38. The fourth-order valence-corrected chi connectivity index (χ4v) is 4.32. The summed E-state index contributed by atoms with van der Waals surface area (Å²) < 4.78 is 21.1. The Kier molecular flexibility index (Phi) is 12.5. The molecule has 2 aromatic rings. The largest absolute Gasteiger partial charge is 0.493 e. The zero-order chi connectivity index (χ0) is 26.5. The lowest BCUT2D eigenvalue weighted by Gasteiger charge is -2.13. The molecule has 0 radical (unpaired) electrons. The number of carbonyl (C=O) groups excluding carboxylic acids is 2. The first-order valence-corrected chi connectivity index (χ1v) is 12.4. The van der Waals surface area contributed by atoms with E-state index in [0.717, 1.165) is 11.1 Å². The van der Waals surface area contributed by atoms with Gasteiger partial charge in [-0.25, -0.2) is 0 Å². The Morgan fingerprint density at radius 1 is 0.667 bits per heavy atom. The van der Waals surface area contributed by atoms with Crippen LogP contribution in [0, 0.1) is 0 Å². The molecule has 0 heterocycles. The molecule has 0 spiro atoms. The fourth-order valence-electron chi connectivity index (χ4n) is 3.67. The molecular formula is C26H34Cl2N2O6. The van der Waals surface area contributed by atoms with Gasteiger partial charge in [0.1, 0.15) is 0 Å². The third-order valence-electron chi connectivity index (χ3n) is 5.62. The van der Waals surface area contributed by atoms with Crippen LogP contribution in [0.25, 0.3) is 0 Å². The molecule has 0 bridgehead atoms. The third-order valence-corrected chi connectivity index (χ3v) is 6.45. The highest BCUT2D eigenvalue weighted by Gasteiger charge is 2.14. The van der Waals surface area contributed by atoms with Crippen LogP contribution < -0.4 is 29.6 Å². The predicted octanol–water partition coefficient (Wildman–Crippen LogP) is 4.61. The lowest BCUT2D eigenvalue weighted by molar-refractivity contribution is -0.123. The molecule has 8 nitrogen and oxygen atoms in total. The summed E-state index contributed by atoms with van der Waals surface area (Å²) in [6.07, 6.45) is 3.09. The Hall–Kier alpha value is -2.84. The quantitative estimate of drug-likeness (QED) is 0.320. The van der Waals surface area contributed by atoms with Crippen LogP contribution in [0.2, 0.25) is 10.0 Å². The molecule has 2 amide bonds. The summed E-state index contributed by atoms with van der Waals surface area (Å²) in [5.74, 6) is 1.96. The first-order chi connectivity index (χ1) is 17.4. The number of benzene rings is 2. The van der Waals surface area contributed by atoms with Crippen molar-refractivity contribution in [1.29, 1.82) is 0 Å². The summed E-state index contributed by atoms with van der Waals surface area (Å²) in [5, 5.41) is 6.73. The number of unbranched alkanes of at least 4 members (excludes halogenated alkanes) is 1. The molecule has 2 N–H and O–H groups in total. The maximum atomic E-state index is 12.1. The van der Waals surface area contributed by atoms with Crippen LogP contribution in [0.1, 0.15) is 36.8 Å². The molecule has 198 valence electrons. The summed E-state index contributed by atoms with van der Waals surface area (Å²) in [5.41, 5.74) is 1.72. The molecule has 2 rings (SSSR count). The SMILES string of the molecule is COc1ccc(CCNC(=O)CCCCC(=O)NCCc2ccc(OC)c(OC)c2Cl)c(Cl)c1OC. The Morgan fingerprint density at radius 2 is 1.06 bits per heavy atom. The van der Waals surface area contributed by atoms with E-state index in [4.69, 9.17) is 42.1 Å². The van der Waals surface area contributed by atoms with E-state index in [2.05, 4.69) is 10.6 Å². The summed E-state index contributed by atoms with van der Waals surface area (Å²) in [6, 6.07) is 7.28. The Balaban J connectivity index is 1.63. The molecule has 2 aromatic carbocycles. The third kappa shape index (κ3) is 8.38. The zero-order valence-corrected chi connectivity index (χ0v) is 22.7. The number of hydrogen-bond donors (Lipinski definition) is 2. The Morgan fingerprint density at radius 3 is 1.39 bits per heavy atom. The average molecular weight is 541 g/mol. The number of hydrogen-bond acceptors (Lipinski definition) is 6. The van der Waals surface area contributed by atoms with Crippen molar-refractivity contribution in [3.63, 3.8) is 0 Å². The van der Waals surface area contributed by atoms with Gasteiger partial charge in [0.2, 0.25) is 11.8 Å². The summed E-state index contributed by atoms with van der Waals surface area (Å²) in [7, 11) is 6.16. The summed E-state index contributed by atoms with van der Waals surface area (Å²) in [6.45, 7) is 0.903. The van der Waals surface area contributed by atoms with Crippen molar-refractivity contribution in [3.05, 3.63) is 45.4 Å². The van der Waals surface area contributed by atoms with Gasteiger partial charge in [-0.05, 0) is 48.9 Å². The molecule has 0 aliphatic rings. The van der Waals surface area contributed by atoms with E-state index in [9.17, 15) is 9.59 Å². The average Bonchev–Trinajstić information content (AvgIpc) is 2.88. The molecule has 10 heteroatoms. The van der Waals surface area contributed by atoms with Crippen LogP contribution in [0.3, 0.4) is 0 Å². The molecule has 0 aromatic heterocycles. The number of halogens is 2. The van der Waals surface area contributed by atoms with Gasteiger partial charge in [0, 0.05) is 25.9 Å². The van der Waals surface area contributed by atoms with Gasteiger partial charge in [0.15, 0.2) is 23.0 Å². The second-order valence-electron chi connectivity index (χ2n) is 7.96. The van der Waals surface area contributed by atoms with Crippen molar-refractivity contribution in [2.75, 3.05) is 41.5 Å². The number of amides is 2. The minimum atomic E-state index is -0.0601. The van der Waals surface area contributed by atoms with E-state index in [0.29, 0.717) is 84.7 Å². The number of rotatable bonds is 15. The lowest BCUT2D eigenvalue weighted by Crippen LogP contribution is -2.26. The van der Waals surface area contributed by atoms with Gasteiger partial charge in [-0.1, -0.05) is 35.3 Å². The van der Waals surface area contributed by atoms with E-state index in [-0.39, 0.29) is 11.8 Å². The van der Waals surface area contributed by atoms with Crippen molar-refractivity contribution in [1.82, 2.24) is 10.6 Å². The summed E-state index contributed by atoms with van der Waals surface area (Å²) >= 11 is 12.7. The smallest absolute Gasteiger partial charge is 0.220 e. The molecule has 36 heavy (non-hydrogen) atoms. The molecular weight excluding hydrogens is 507 g/mol. The van der Waals surface area contributed by atoms with Gasteiger partial charge in [-0.15, -0.1) is 0 Å². The standard InChI is InChI=1S/C26H34Cl2N2O6/c1-33-19-11-9-17(23(27)25(19)35-3)13-15-29-21(31)7-5-6-8-22(32)30-16-14-18-10-12-20(34-2)26(36-4)24(18)28/h9-12H,5-8,13-16H2,1-4H3,(H,29,31)(H,30,32). The van der Waals surface area contributed by atoms with E-state index < -0.39 is 0 Å². The monoisotopic (exact) mass is 540 g/mol. The minimum absolute atomic E-state index is 0.0601. The first-order valence-electron chi connectivity index (χ1n) is 11.7. The topological polar surface area (TPSA) is 95.1 Å². The molecule has 0 fully saturated rings. The van der Waals surface area contributed by atoms with Gasteiger partial charge in [0.25, 0.3) is 0 Å². The van der Waals surface area contributed by atoms with Crippen LogP contribution >= 0.6 is 23.2 Å².